The summed E-state index contributed by atoms with van der Waals surface area (Å²) in [7, 11) is 1.21. The summed E-state index contributed by atoms with van der Waals surface area (Å²) in [5, 5.41) is 2.71. The van der Waals surface area contributed by atoms with Gasteiger partial charge in [0.1, 0.15) is 5.56 Å². The molecule has 7 heteroatoms. The molecule has 1 amide bonds. The summed E-state index contributed by atoms with van der Waals surface area (Å²) in [6, 6.07) is 0. The maximum absolute atomic E-state index is 14.1. The normalized spacial score (nSPS) is 14.0. The second-order valence-electron chi connectivity index (χ2n) is 5.00. The number of methoxy groups -OCH3 is 1. The molecule has 1 fully saturated rings. The average molecular weight is 423 g/mol. The van der Waals surface area contributed by atoms with Crippen LogP contribution >= 0.6 is 31.9 Å². The van der Waals surface area contributed by atoms with Crippen molar-refractivity contribution in [3.8, 4) is 0 Å². The molecule has 1 aliphatic rings. The monoisotopic (exact) mass is 421 g/mol. The predicted molar refractivity (Wildman–Crippen MR) is 83.8 cm³/mol. The van der Waals surface area contributed by atoms with Crippen LogP contribution in [0.1, 0.15) is 35.2 Å². The summed E-state index contributed by atoms with van der Waals surface area (Å²) in [6.45, 7) is 1.62. The number of hydrogen-bond acceptors (Lipinski definition) is 3. The smallest absolute Gasteiger partial charge is 0.341 e. The number of hydrogen-bond donors (Lipinski definition) is 1. The van der Waals surface area contributed by atoms with Gasteiger partial charge in [-0.3, -0.25) is 4.79 Å². The first kappa shape index (κ1) is 16.4. The number of benzene rings is 1. The lowest BCUT2D eigenvalue weighted by Crippen LogP contribution is -2.18. The molecule has 2 rings (SSSR count). The molecule has 0 saturated heterocycles. The minimum absolute atomic E-state index is 0.0140. The van der Waals surface area contributed by atoms with Crippen molar-refractivity contribution in [2.45, 2.75) is 26.2 Å². The number of nitrogens with one attached hydrogen (secondary N) is 1. The maximum Gasteiger partial charge on any atom is 0.341 e. The number of anilines is 1. The van der Waals surface area contributed by atoms with E-state index in [1.807, 2.05) is 0 Å². The fourth-order valence-corrected chi connectivity index (χ4v) is 3.22. The van der Waals surface area contributed by atoms with E-state index in [4.69, 9.17) is 0 Å². The molecule has 0 unspecified atom stereocenters. The highest BCUT2D eigenvalue weighted by molar-refractivity contribution is 9.11. The van der Waals surface area contributed by atoms with Crippen LogP contribution in [0.5, 0.6) is 0 Å². The van der Waals surface area contributed by atoms with Gasteiger partial charge in [-0.25, -0.2) is 9.18 Å². The highest BCUT2D eigenvalue weighted by atomic mass is 79.9. The number of carbonyl (C=O) groups excluding carboxylic acids is 2. The molecule has 4 nitrogen and oxygen atoms in total. The minimum atomic E-state index is -0.710. The SMILES string of the molecule is COC(=O)c1c(Br)c(F)c(Br)c(C)c1NC(=O)CC1CC1. The van der Waals surface area contributed by atoms with Crippen LogP contribution in [0.25, 0.3) is 0 Å². The zero-order chi connectivity index (χ0) is 15.7. The summed E-state index contributed by atoms with van der Waals surface area (Å²) in [4.78, 5) is 23.9. The van der Waals surface area contributed by atoms with E-state index in [1.54, 1.807) is 6.92 Å². The Labute approximate surface area is 138 Å². The van der Waals surface area contributed by atoms with Gasteiger partial charge < -0.3 is 10.1 Å². The Hall–Kier alpha value is -0.950. The van der Waals surface area contributed by atoms with Crippen LogP contribution in [0, 0.1) is 18.7 Å². The highest BCUT2D eigenvalue weighted by Crippen LogP contribution is 2.38. The minimum Gasteiger partial charge on any atom is -0.465 e. The van der Waals surface area contributed by atoms with Gasteiger partial charge in [-0.05, 0) is 63.1 Å². The van der Waals surface area contributed by atoms with E-state index in [-0.39, 0.29) is 26.1 Å². The van der Waals surface area contributed by atoms with Crippen molar-refractivity contribution >= 4 is 49.4 Å². The summed E-state index contributed by atoms with van der Waals surface area (Å²) >= 11 is 6.18. The molecule has 1 aliphatic carbocycles. The number of amides is 1. The van der Waals surface area contributed by atoms with E-state index in [0.29, 0.717) is 17.9 Å². The van der Waals surface area contributed by atoms with E-state index in [1.165, 1.54) is 7.11 Å². The molecular formula is C14H14Br2FNO3. The van der Waals surface area contributed by atoms with Gasteiger partial charge in [0.05, 0.1) is 21.7 Å². The number of rotatable bonds is 4. The fourth-order valence-electron chi connectivity index (χ4n) is 2.00. The lowest BCUT2D eigenvalue weighted by Gasteiger charge is -2.16. The third-order valence-corrected chi connectivity index (χ3v) is 5.07. The van der Waals surface area contributed by atoms with Crippen LogP contribution in [-0.2, 0) is 9.53 Å². The average Bonchev–Trinajstić information content (AvgIpc) is 3.25. The van der Waals surface area contributed by atoms with E-state index >= 15 is 0 Å². The van der Waals surface area contributed by atoms with Crippen molar-refractivity contribution in [2.75, 3.05) is 12.4 Å². The molecule has 0 heterocycles. The number of carbonyl (C=O) groups is 2. The van der Waals surface area contributed by atoms with Crippen molar-refractivity contribution in [1.82, 2.24) is 0 Å². The zero-order valence-corrected chi connectivity index (χ0v) is 14.7. The van der Waals surface area contributed by atoms with E-state index in [9.17, 15) is 14.0 Å². The molecule has 0 bridgehead atoms. The maximum atomic E-state index is 14.1. The van der Waals surface area contributed by atoms with E-state index < -0.39 is 11.8 Å². The topological polar surface area (TPSA) is 55.4 Å². The van der Waals surface area contributed by atoms with Gasteiger partial charge in [0.2, 0.25) is 5.91 Å². The Balaban J connectivity index is 2.45. The van der Waals surface area contributed by atoms with Gasteiger partial charge in [0, 0.05) is 6.42 Å². The molecule has 1 aromatic rings. The quantitative estimate of drug-likeness (QED) is 0.584. The van der Waals surface area contributed by atoms with Gasteiger partial charge in [0.15, 0.2) is 5.82 Å². The van der Waals surface area contributed by atoms with Crippen LogP contribution in [0.3, 0.4) is 0 Å². The van der Waals surface area contributed by atoms with Gasteiger partial charge in [0.25, 0.3) is 0 Å². The largest absolute Gasteiger partial charge is 0.465 e. The molecule has 0 aromatic heterocycles. The first-order valence-corrected chi connectivity index (χ1v) is 8.00. The molecule has 0 spiro atoms. The third-order valence-electron chi connectivity index (χ3n) is 3.38. The second kappa shape index (κ2) is 6.44. The molecule has 1 saturated carbocycles. The van der Waals surface area contributed by atoms with Crippen molar-refractivity contribution < 1.29 is 18.7 Å². The summed E-state index contributed by atoms with van der Waals surface area (Å²) < 4.78 is 18.9. The predicted octanol–water partition coefficient (Wildman–Crippen LogP) is 4.18. The van der Waals surface area contributed by atoms with Crippen LogP contribution < -0.4 is 5.32 Å². The number of ether oxygens (including phenoxy) is 1. The zero-order valence-electron chi connectivity index (χ0n) is 11.6. The summed E-state index contributed by atoms with van der Waals surface area (Å²) in [6.07, 6.45) is 2.51. The summed E-state index contributed by atoms with van der Waals surface area (Å²) in [5.41, 5.74) is 0.702. The first-order chi connectivity index (χ1) is 9.86. The van der Waals surface area contributed by atoms with Crippen LogP contribution in [0.4, 0.5) is 10.1 Å². The molecule has 1 aromatic carbocycles. The Morgan fingerprint density at radius 3 is 2.48 bits per heavy atom. The fraction of sp³-hybridized carbons (Fsp3) is 0.429. The van der Waals surface area contributed by atoms with Gasteiger partial charge in [-0.1, -0.05) is 0 Å². The molecule has 0 aliphatic heterocycles. The molecule has 1 N–H and O–H groups in total. The number of halogens is 3. The van der Waals surface area contributed by atoms with Gasteiger partial charge in [-0.15, -0.1) is 0 Å². The molecule has 0 radical (unpaired) electrons. The Morgan fingerprint density at radius 2 is 1.95 bits per heavy atom. The first-order valence-electron chi connectivity index (χ1n) is 6.42. The Bertz CT molecular complexity index is 615. The Kier molecular flexibility index (Phi) is 5.03. The lowest BCUT2D eigenvalue weighted by molar-refractivity contribution is -0.116. The lowest BCUT2D eigenvalue weighted by atomic mass is 10.1. The van der Waals surface area contributed by atoms with Crippen LogP contribution in [0.2, 0.25) is 0 Å². The molecule has 0 atom stereocenters. The van der Waals surface area contributed by atoms with Crippen LogP contribution in [0.15, 0.2) is 8.95 Å². The van der Waals surface area contributed by atoms with Crippen molar-refractivity contribution in [2.24, 2.45) is 5.92 Å². The summed E-state index contributed by atoms with van der Waals surface area (Å²) in [5.74, 6) is -1.08. The van der Waals surface area contributed by atoms with Crippen molar-refractivity contribution in [1.29, 1.82) is 0 Å². The highest BCUT2D eigenvalue weighted by Gasteiger charge is 2.28. The van der Waals surface area contributed by atoms with Gasteiger partial charge >= 0.3 is 5.97 Å². The molecule has 21 heavy (non-hydrogen) atoms. The third kappa shape index (κ3) is 3.45. The second-order valence-corrected chi connectivity index (χ2v) is 6.59. The van der Waals surface area contributed by atoms with E-state index in [0.717, 1.165) is 12.8 Å². The molecular weight excluding hydrogens is 409 g/mol. The van der Waals surface area contributed by atoms with Crippen molar-refractivity contribution in [3.05, 3.63) is 25.9 Å². The number of esters is 1. The van der Waals surface area contributed by atoms with Crippen molar-refractivity contribution in [3.63, 3.8) is 0 Å². The molecule has 114 valence electrons. The Morgan fingerprint density at radius 1 is 1.33 bits per heavy atom. The van der Waals surface area contributed by atoms with Gasteiger partial charge in [-0.2, -0.15) is 0 Å². The van der Waals surface area contributed by atoms with Crippen LogP contribution in [-0.4, -0.2) is 19.0 Å². The van der Waals surface area contributed by atoms with E-state index in [2.05, 4.69) is 41.9 Å². The standard InChI is InChI=1S/C14H14Br2FNO3/c1-6-10(15)12(17)11(16)9(14(20)21-2)13(6)18-8(19)5-7-3-4-7/h7H,3-5H2,1-2H3,(H,18,19).